The largest absolute Gasteiger partial charge is 0.433 e. The zero-order valence-electron chi connectivity index (χ0n) is 17.0. The van der Waals surface area contributed by atoms with E-state index >= 15 is 0 Å². The van der Waals surface area contributed by atoms with E-state index in [1.807, 2.05) is 18.7 Å². The van der Waals surface area contributed by atoms with Crippen LogP contribution in [-0.4, -0.2) is 33.4 Å². The first-order valence-electron chi connectivity index (χ1n) is 9.83. The molecule has 6 nitrogen and oxygen atoms in total. The topological polar surface area (TPSA) is 58.4 Å². The summed E-state index contributed by atoms with van der Waals surface area (Å²) in [5.41, 5.74) is 2.25. The molecule has 9 heteroatoms. The molecule has 0 bridgehead atoms. The third-order valence-corrected chi connectivity index (χ3v) is 6.16. The van der Waals surface area contributed by atoms with Crippen molar-refractivity contribution in [3.8, 4) is 0 Å². The van der Waals surface area contributed by atoms with Crippen LogP contribution in [0.5, 0.6) is 0 Å². The number of hydrogen-bond donors (Lipinski definition) is 0. The Bertz CT molecular complexity index is 1060. The highest BCUT2D eigenvalue weighted by Gasteiger charge is 2.38. The number of carbonyl (C=O) groups is 1. The molecule has 0 saturated carbocycles. The number of nitrogens with zero attached hydrogens (tertiary/aromatic N) is 4. The molecule has 0 radical (unpaired) electrons. The summed E-state index contributed by atoms with van der Waals surface area (Å²) < 4.78 is 40.2. The van der Waals surface area contributed by atoms with Crippen molar-refractivity contribution in [3.63, 3.8) is 0 Å². The second-order valence-corrected chi connectivity index (χ2v) is 8.15. The minimum Gasteiger partial charge on any atom is -0.371 e. The van der Waals surface area contributed by atoms with Gasteiger partial charge < -0.3 is 14.4 Å². The second kappa shape index (κ2) is 7.14. The first-order valence-corrected chi connectivity index (χ1v) is 9.83. The van der Waals surface area contributed by atoms with E-state index in [-0.39, 0.29) is 23.4 Å². The number of hydrogen-bond acceptors (Lipinski definition) is 4. The van der Waals surface area contributed by atoms with Crippen molar-refractivity contribution in [1.29, 1.82) is 0 Å². The van der Waals surface area contributed by atoms with Crippen LogP contribution in [0, 0.1) is 12.8 Å². The fourth-order valence-corrected chi connectivity index (χ4v) is 4.47. The van der Waals surface area contributed by atoms with Crippen LogP contribution in [0.1, 0.15) is 41.9 Å². The van der Waals surface area contributed by atoms with Crippen molar-refractivity contribution in [2.75, 3.05) is 18.0 Å². The van der Waals surface area contributed by atoms with Gasteiger partial charge in [-0.2, -0.15) is 13.2 Å². The summed E-state index contributed by atoms with van der Waals surface area (Å²) in [5, 5.41) is 0. The summed E-state index contributed by atoms with van der Waals surface area (Å²) >= 11 is 0. The number of amides is 1. The molecule has 2 aliphatic heterocycles. The van der Waals surface area contributed by atoms with Crippen LogP contribution in [0.25, 0.3) is 0 Å². The third kappa shape index (κ3) is 3.46. The number of carbonyl (C=O) groups excluding carboxylic acids is 1. The lowest BCUT2D eigenvalue weighted by molar-refractivity contribution is -0.141. The lowest BCUT2D eigenvalue weighted by Crippen LogP contribution is -2.49. The molecule has 2 aromatic heterocycles. The Morgan fingerprint density at radius 1 is 1.27 bits per heavy atom. The molecule has 0 spiro atoms. The number of fused-ring (bicyclic) bond motifs is 1. The maximum Gasteiger partial charge on any atom is 0.433 e. The number of pyridine rings is 2. The number of aromatic nitrogens is 2. The minimum atomic E-state index is -4.48. The van der Waals surface area contributed by atoms with Crippen LogP contribution in [0.4, 0.5) is 18.9 Å². The molecule has 1 unspecified atom stereocenters. The molecule has 2 aliphatic rings. The lowest BCUT2D eigenvalue weighted by Gasteiger charge is -2.41. The molecule has 0 aliphatic carbocycles. The number of rotatable bonds is 3. The summed E-state index contributed by atoms with van der Waals surface area (Å²) in [6.45, 7) is 5.31. The molecule has 0 aromatic carbocycles. The first kappa shape index (κ1) is 20.4. The first-order chi connectivity index (χ1) is 14.1. The molecule has 30 heavy (non-hydrogen) atoms. The van der Waals surface area contributed by atoms with Crippen molar-refractivity contribution in [1.82, 2.24) is 14.5 Å². The van der Waals surface area contributed by atoms with Gasteiger partial charge in [-0.1, -0.05) is 0 Å². The second-order valence-electron chi connectivity index (χ2n) is 8.15. The molecule has 2 aromatic rings. The summed E-state index contributed by atoms with van der Waals surface area (Å²) in [6, 6.07) is 4.08. The third-order valence-electron chi connectivity index (χ3n) is 6.16. The van der Waals surface area contributed by atoms with Gasteiger partial charge in [-0.05, 0) is 37.1 Å². The van der Waals surface area contributed by atoms with Gasteiger partial charge in [0.25, 0.3) is 5.56 Å². The summed E-state index contributed by atoms with van der Waals surface area (Å²) in [5.74, 6) is 0.0849. The maximum atomic E-state index is 12.9. The van der Waals surface area contributed by atoms with E-state index < -0.39 is 11.9 Å². The molecule has 1 atom stereocenters. The predicted molar refractivity (Wildman–Crippen MR) is 105 cm³/mol. The Kier molecular flexibility index (Phi) is 4.86. The van der Waals surface area contributed by atoms with E-state index in [2.05, 4.69) is 4.98 Å². The van der Waals surface area contributed by atoms with Crippen LogP contribution in [-0.2, 0) is 24.6 Å². The van der Waals surface area contributed by atoms with E-state index in [1.165, 1.54) is 0 Å². The van der Waals surface area contributed by atoms with E-state index in [0.29, 0.717) is 31.7 Å². The highest BCUT2D eigenvalue weighted by Crippen LogP contribution is 2.37. The van der Waals surface area contributed by atoms with Gasteiger partial charge in [0.1, 0.15) is 5.69 Å². The lowest BCUT2D eigenvalue weighted by atomic mass is 9.94. The van der Waals surface area contributed by atoms with Gasteiger partial charge in [-0.15, -0.1) is 0 Å². The zero-order valence-corrected chi connectivity index (χ0v) is 17.0. The number of anilines is 1. The quantitative estimate of drug-likeness (QED) is 0.766. The standard InChI is InChI=1S/C21H23F3N4O2/c1-12-6-18(29)26(3)16-11-28(13(2)20(12)16)19(30)7-14-9-27(10-14)15-4-5-25-17(8-15)21(22,23)24/h4-6,8,13-14H,7,9-11H2,1-3H3. The predicted octanol–water partition coefficient (Wildman–Crippen LogP) is 3.04. The highest BCUT2D eigenvalue weighted by atomic mass is 19.4. The van der Waals surface area contributed by atoms with Crippen LogP contribution >= 0.6 is 0 Å². The van der Waals surface area contributed by atoms with Gasteiger partial charge in [0.2, 0.25) is 5.91 Å². The summed E-state index contributed by atoms with van der Waals surface area (Å²) in [7, 11) is 1.72. The van der Waals surface area contributed by atoms with Gasteiger partial charge in [0, 0.05) is 56.1 Å². The average molecular weight is 420 g/mol. The Labute approximate surface area is 171 Å². The van der Waals surface area contributed by atoms with Gasteiger partial charge in [0.15, 0.2) is 0 Å². The molecule has 1 saturated heterocycles. The monoisotopic (exact) mass is 420 g/mol. The molecule has 0 N–H and O–H groups in total. The van der Waals surface area contributed by atoms with Crippen LogP contribution in [0.3, 0.4) is 0 Å². The van der Waals surface area contributed by atoms with Crippen LogP contribution in [0.15, 0.2) is 29.2 Å². The van der Waals surface area contributed by atoms with E-state index in [1.54, 1.807) is 28.6 Å². The van der Waals surface area contributed by atoms with Crippen molar-refractivity contribution in [3.05, 3.63) is 57.3 Å². The Balaban J connectivity index is 1.40. The molecule has 160 valence electrons. The van der Waals surface area contributed by atoms with Crippen molar-refractivity contribution in [2.24, 2.45) is 13.0 Å². The van der Waals surface area contributed by atoms with Gasteiger partial charge in [-0.25, -0.2) is 0 Å². The Morgan fingerprint density at radius 2 is 1.97 bits per heavy atom. The Morgan fingerprint density at radius 3 is 2.63 bits per heavy atom. The molecule has 1 fully saturated rings. The van der Waals surface area contributed by atoms with Crippen molar-refractivity contribution in [2.45, 2.75) is 39.0 Å². The summed E-state index contributed by atoms with van der Waals surface area (Å²) in [4.78, 5) is 32.0. The average Bonchev–Trinajstić information content (AvgIpc) is 3.00. The molecule has 4 heterocycles. The zero-order chi connectivity index (χ0) is 21.8. The normalized spacial score (nSPS) is 19.1. The highest BCUT2D eigenvalue weighted by molar-refractivity contribution is 5.78. The van der Waals surface area contributed by atoms with Crippen LogP contribution in [0.2, 0.25) is 0 Å². The number of alkyl halides is 3. The molecular formula is C21H23F3N4O2. The molecular weight excluding hydrogens is 397 g/mol. The fourth-order valence-electron chi connectivity index (χ4n) is 4.47. The van der Waals surface area contributed by atoms with E-state index in [4.69, 9.17) is 0 Å². The SMILES string of the molecule is Cc1cc(=O)n(C)c2c1C(C)N(C(=O)CC1CN(c3ccnc(C(F)(F)F)c3)C1)C2. The van der Waals surface area contributed by atoms with E-state index in [0.717, 1.165) is 29.1 Å². The smallest absolute Gasteiger partial charge is 0.371 e. The Hall–Kier alpha value is -2.84. The minimum absolute atomic E-state index is 0.000841. The summed E-state index contributed by atoms with van der Waals surface area (Å²) in [6.07, 6.45) is -2.99. The number of halogens is 3. The fraction of sp³-hybridized carbons (Fsp3) is 0.476. The number of aryl methyl sites for hydroxylation is 1. The maximum absolute atomic E-state index is 12.9. The van der Waals surface area contributed by atoms with Crippen molar-refractivity contribution < 1.29 is 18.0 Å². The van der Waals surface area contributed by atoms with E-state index in [9.17, 15) is 22.8 Å². The molecule has 4 rings (SSSR count). The van der Waals surface area contributed by atoms with Gasteiger partial charge >= 0.3 is 6.18 Å². The van der Waals surface area contributed by atoms with Gasteiger partial charge in [0.05, 0.1) is 12.6 Å². The van der Waals surface area contributed by atoms with Crippen LogP contribution < -0.4 is 10.5 Å². The van der Waals surface area contributed by atoms with Crippen molar-refractivity contribution >= 4 is 11.6 Å². The van der Waals surface area contributed by atoms with Gasteiger partial charge in [-0.3, -0.25) is 14.6 Å². The molecule has 1 amide bonds.